The summed E-state index contributed by atoms with van der Waals surface area (Å²) in [7, 11) is 0. The molecule has 1 aromatic heterocycles. The number of amides is 2. The van der Waals surface area contributed by atoms with Gasteiger partial charge in [0, 0.05) is 58.3 Å². The maximum Gasteiger partial charge on any atom is 0.409 e. The molecule has 2 saturated heterocycles. The first-order valence-electron chi connectivity index (χ1n) is 10.0. The van der Waals surface area contributed by atoms with Gasteiger partial charge < -0.3 is 24.8 Å². The number of nitrogens with zero attached hydrogens (tertiary/aromatic N) is 5. The molecule has 154 valence electrons. The molecule has 0 unspecified atom stereocenters. The fourth-order valence-electron chi connectivity index (χ4n) is 3.67. The number of rotatable bonds is 4. The molecule has 0 bridgehead atoms. The molecule has 1 aromatic rings. The minimum absolute atomic E-state index is 0.120. The largest absolute Gasteiger partial charge is 0.450 e. The normalized spacial score (nSPS) is 18.2. The van der Waals surface area contributed by atoms with Crippen molar-refractivity contribution in [2.24, 2.45) is 0 Å². The van der Waals surface area contributed by atoms with Gasteiger partial charge in [0.2, 0.25) is 5.91 Å². The standard InChI is InChI=1S/C19H30N6O3/c1-4-28-19(27)25-7-5-16(6-8-25)22-17-13-18(21-14(2)20-17)24-11-9-23(10-12-24)15(3)26/h13,16H,4-12H2,1-3H3,(H,20,21,22). The van der Waals surface area contributed by atoms with Crippen LogP contribution in [0.2, 0.25) is 0 Å². The summed E-state index contributed by atoms with van der Waals surface area (Å²) in [5.74, 6) is 2.54. The molecule has 9 nitrogen and oxygen atoms in total. The molecule has 2 aliphatic rings. The van der Waals surface area contributed by atoms with E-state index in [1.165, 1.54) is 0 Å². The zero-order valence-electron chi connectivity index (χ0n) is 17.0. The maximum atomic E-state index is 11.8. The van der Waals surface area contributed by atoms with E-state index in [-0.39, 0.29) is 18.0 Å². The number of aryl methyl sites for hydroxylation is 1. The van der Waals surface area contributed by atoms with E-state index in [1.54, 1.807) is 11.8 Å². The van der Waals surface area contributed by atoms with Crippen molar-refractivity contribution in [3.63, 3.8) is 0 Å². The van der Waals surface area contributed by atoms with Gasteiger partial charge in [-0.05, 0) is 26.7 Å². The number of piperazine rings is 1. The molecule has 0 aliphatic carbocycles. The summed E-state index contributed by atoms with van der Waals surface area (Å²) in [4.78, 5) is 38.3. The summed E-state index contributed by atoms with van der Waals surface area (Å²) >= 11 is 0. The summed E-state index contributed by atoms with van der Waals surface area (Å²) in [6.45, 7) is 10.1. The van der Waals surface area contributed by atoms with Crippen LogP contribution < -0.4 is 10.2 Å². The molecule has 0 spiro atoms. The summed E-state index contributed by atoms with van der Waals surface area (Å²) in [6, 6.07) is 2.25. The molecule has 0 aromatic carbocycles. The molecule has 2 fully saturated rings. The summed E-state index contributed by atoms with van der Waals surface area (Å²) in [5, 5.41) is 3.50. The van der Waals surface area contributed by atoms with Crippen LogP contribution in [0.3, 0.4) is 0 Å². The summed E-state index contributed by atoms with van der Waals surface area (Å²) in [6.07, 6.45) is 1.48. The van der Waals surface area contributed by atoms with Gasteiger partial charge in [-0.2, -0.15) is 0 Å². The van der Waals surface area contributed by atoms with Crippen molar-refractivity contribution in [3.8, 4) is 0 Å². The van der Waals surface area contributed by atoms with E-state index in [0.29, 0.717) is 32.8 Å². The van der Waals surface area contributed by atoms with Crippen LogP contribution >= 0.6 is 0 Å². The number of carbonyl (C=O) groups excluding carboxylic acids is 2. The van der Waals surface area contributed by atoms with E-state index in [0.717, 1.165) is 43.4 Å². The number of carbonyl (C=O) groups is 2. The van der Waals surface area contributed by atoms with Gasteiger partial charge in [0.25, 0.3) is 0 Å². The highest BCUT2D eigenvalue weighted by molar-refractivity contribution is 5.73. The predicted molar refractivity (Wildman–Crippen MR) is 106 cm³/mol. The highest BCUT2D eigenvalue weighted by atomic mass is 16.6. The lowest BCUT2D eigenvalue weighted by Crippen LogP contribution is -2.48. The zero-order valence-corrected chi connectivity index (χ0v) is 17.0. The Labute approximate surface area is 166 Å². The van der Waals surface area contributed by atoms with Gasteiger partial charge in [-0.25, -0.2) is 14.8 Å². The quantitative estimate of drug-likeness (QED) is 0.833. The van der Waals surface area contributed by atoms with Crippen LogP contribution in [-0.4, -0.2) is 83.7 Å². The number of likely N-dealkylation sites (tertiary alicyclic amines) is 1. The fraction of sp³-hybridized carbons (Fsp3) is 0.684. The summed E-state index contributed by atoms with van der Waals surface area (Å²) < 4.78 is 5.07. The van der Waals surface area contributed by atoms with E-state index < -0.39 is 0 Å². The minimum atomic E-state index is -0.231. The minimum Gasteiger partial charge on any atom is -0.450 e. The third kappa shape index (κ3) is 5.02. The number of piperidine rings is 1. The van der Waals surface area contributed by atoms with E-state index >= 15 is 0 Å². The number of ether oxygens (including phenoxy) is 1. The molecular weight excluding hydrogens is 360 g/mol. The molecule has 3 rings (SSSR count). The van der Waals surface area contributed by atoms with E-state index in [1.807, 2.05) is 24.8 Å². The molecule has 3 heterocycles. The van der Waals surface area contributed by atoms with E-state index in [4.69, 9.17) is 4.74 Å². The first-order chi connectivity index (χ1) is 13.5. The Balaban J connectivity index is 1.57. The van der Waals surface area contributed by atoms with E-state index in [2.05, 4.69) is 20.2 Å². The second kappa shape index (κ2) is 9.07. The molecule has 0 saturated carbocycles. The first-order valence-corrected chi connectivity index (χ1v) is 10.0. The molecule has 2 amide bonds. The first kappa shape index (κ1) is 20.2. The highest BCUT2D eigenvalue weighted by Crippen LogP contribution is 2.21. The van der Waals surface area contributed by atoms with Crippen LogP contribution in [0.15, 0.2) is 6.07 Å². The fourth-order valence-corrected chi connectivity index (χ4v) is 3.67. The molecule has 1 N–H and O–H groups in total. The van der Waals surface area contributed by atoms with Crippen molar-refractivity contribution >= 4 is 23.6 Å². The van der Waals surface area contributed by atoms with Crippen molar-refractivity contribution < 1.29 is 14.3 Å². The Morgan fingerprint density at radius 3 is 2.39 bits per heavy atom. The number of aromatic nitrogens is 2. The Morgan fingerprint density at radius 2 is 1.79 bits per heavy atom. The Hall–Kier alpha value is -2.58. The lowest BCUT2D eigenvalue weighted by molar-refractivity contribution is -0.129. The van der Waals surface area contributed by atoms with Gasteiger partial charge >= 0.3 is 6.09 Å². The maximum absolute atomic E-state index is 11.8. The second-order valence-electron chi connectivity index (χ2n) is 7.26. The van der Waals surface area contributed by atoms with Gasteiger partial charge in [0.15, 0.2) is 0 Å². The Kier molecular flexibility index (Phi) is 6.53. The molecule has 28 heavy (non-hydrogen) atoms. The van der Waals surface area contributed by atoms with Gasteiger partial charge in [0.05, 0.1) is 6.61 Å². The van der Waals surface area contributed by atoms with Gasteiger partial charge in [-0.15, -0.1) is 0 Å². The van der Waals surface area contributed by atoms with E-state index in [9.17, 15) is 9.59 Å². The lowest BCUT2D eigenvalue weighted by Gasteiger charge is -2.35. The average molecular weight is 390 g/mol. The Morgan fingerprint density at radius 1 is 1.11 bits per heavy atom. The van der Waals surface area contributed by atoms with Crippen molar-refractivity contribution in [1.29, 1.82) is 0 Å². The molecule has 2 aliphatic heterocycles. The Bertz CT molecular complexity index is 697. The van der Waals surface area contributed by atoms with Crippen molar-refractivity contribution in [2.45, 2.75) is 39.7 Å². The van der Waals surface area contributed by atoms with Crippen LogP contribution in [0.1, 0.15) is 32.5 Å². The number of hydrogen-bond acceptors (Lipinski definition) is 7. The predicted octanol–water partition coefficient (Wildman–Crippen LogP) is 1.49. The van der Waals surface area contributed by atoms with Crippen LogP contribution in [0, 0.1) is 6.92 Å². The molecule has 0 atom stereocenters. The third-order valence-corrected chi connectivity index (χ3v) is 5.25. The lowest BCUT2D eigenvalue weighted by atomic mass is 10.1. The van der Waals surface area contributed by atoms with Gasteiger partial charge in [-0.3, -0.25) is 4.79 Å². The smallest absolute Gasteiger partial charge is 0.409 e. The van der Waals surface area contributed by atoms with Crippen molar-refractivity contribution in [2.75, 3.05) is 56.1 Å². The average Bonchev–Trinajstić information content (AvgIpc) is 2.68. The van der Waals surface area contributed by atoms with Crippen LogP contribution in [-0.2, 0) is 9.53 Å². The number of anilines is 2. The molecular formula is C19H30N6O3. The molecule has 9 heteroatoms. The third-order valence-electron chi connectivity index (χ3n) is 5.25. The number of hydrogen-bond donors (Lipinski definition) is 1. The number of nitrogens with one attached hydrogen (secondary N) is 1. The van der Waals surface area contributed by atoms with Crippen LogP contribution in [0.5, 0.6) is 0 Å². The van der Waals surface area contributed by atoms with Gasteiger partial charge in [-0.1, -0.05) is 0 Å². The van der Waals surface area contributed by atoms with Crippen LogP contribution in [0.4, 0.5) is 16.4 Å². The van der Waals surface area contributed by atoms with Crippen LogP contribution in [0.25, 0.3) is 0 Å². The summed E-state index contributed by atoms with van der Waals surface area (Å²) in [5.41, 5.74) is 0. The van der Waals surface area contributed by atoms with Crippen molar-refractivity contribution in [3.05, 3.63) is 11.9 Å². The second-order valence-corrected chi connectivity index (χ2v) is 7.26. The topological polar surface area (TPSA) is 90.9 Å². The zero-order chi connectivity index (χ0) is 20.1. The SMILES string of the molecule is CCOC(=O)N1CCC(Nc2cc(N3CCN(C(C)=O)CC3)nc(C)n2)CC1. The molecule has 0 radical (unpaired) electrons. The van der Waals surface area contributed by atoms with Crippen molar-refractivity contribution in [1.82, 2.24) is 19.8 Å². The monoisotopic (exact) mass is 390 g/mol. The highest BCUT2D eigenvalue weighted by Gasteiger charge is 2.24. The van der Waals surface area contributed by atoms with Gasteiger partial charge in [0.1, 0.15) is 17.5 Å².